The molecule has 26 nitrogen and oxygen atoms in total. The Morgan fingerprint density at radius 1 is 0.594 bits per heavy atom. The molecule has 6 aliphatic rings. The number of H-pyrrole nitrogens is 2. The fourth-order valence-electron chi connectivity index (χ4n) is 16.4. The zero-order valence-electron chi connectivity index (χ0n) is 72.2. The van der Waals surface area contributed by atoms with Crippen molar-refractivity contribution in [3.05, 3.63) is 294 Å². The minimum absolute atomic E-state index is 0.00516. The van der Waals surface area contributed by atoms with Gasteiger partial charge in [-0.2, -0.15) is 13.2 Å². The average Bonchev–Trinajstić information content (AvgIpc) is 1.63. The number of benzene rings is 6. The number of fused-ring (bicyclic) bond motifs is 4. The molecule has 4 amide bonds. The minimum Gasteiger partial charge on any atom is -0.359 e. The van der Waals surface area contributed by atoms with Gasteiger partial charge in [-0.3, -0.25) is 34.0 Å². The third-order valence-electron chi connectivity index (χ3n) is 23.8. The summed E-state index contributed by atoms with van der Waals surface area (Å²) in [6.07, 6.45) is 21.8. The van der Waals surface area contributed by atoms with Gasteiger partial charge in [0.05, 0.1) is 37.2 Å². The van der Waals surface area contributed by atoms with E-state index >= 15 is 0 Å². The number of thiazole rings is 1. The SMILES string of the molecule is CN(C)S(=O)(=O)c1ccc2c(c1)/C(=C/c1cc3c([nH]1)CCCC3)C(=O)N2.Cc1ccc(NC(=O)c2ccc(CN3CCN(C)CC3)cc2)cc1Cc1nc(-c2cccnc2)cs1.Cc1ccc(NC(=O)c2ccc(CN3CC[C@H](N(C)C)C3)c(C(F)(F)F)c2)cc1Cc1ncc(-c2cncnc2)cn1.NS(=O)(=O)c1ccc2c(c1)/C(=C/c1cc3c([nH]1)CCCC3)C(=O)N2. The number of rotatable bonds is 20. The van der Waals surface area contributed by atoms with Crippen molar-refractivity contribution in [3.8, 4) is 22.4 Å². The smallest absolute Gasteiger partial charge is 0.359 e. The molecule has 12 aromatic rings. The number of pyridine rings is 1. The number of carbonyl (C=O) groups is 4. The number of carbonyl (C=O) groups excluding carboxylic acids is 4. The summed E-state index contributed by atoms with van der Waals surface area (Å²) in [6.45, 7) is 11.0. The number of hydrogen-bond acceptors (Lipinski definition) is 19. The quantitative estimate of drug-likeness (QED) is 0.0349. The van der Waals surface area contributed by atoms with Crippen LogP contribution in [0.5, 0.6) is 0 Å². The van der Waals surface area contributed by atoms with Crippen LogP contribution in [0.4, 0.5) is 35.9 Å². The van der Waals surface area contributed by atoms with Crippen molar-refractivity contribution in [3.63, 3.8) is 0 Å². The highest BCUT2D eigenvalue weighted by Crippen LogP contribution is 2.40. The van der Waals surface area contributed by atoms with Gasteiger partial charge in [-0.05, 0) is 259 Å². The van der Waals surface area contributed by atoms with E-state index in [1.807, 2.05) is 74.6 Å². The number of piperazine rings is 1. The predicted octanol–water partition coefficient (Wildman–Crippen LogP) is 15.0. The number of alkyl halides is 3. The second-order valence-corrected chi connectivity index (χ2v) is 38.0. The van der Waals surface area contributed by atoms with E-state index in [4.69, 9.17) is 10.1 Å². The molecule has 128 heavy (non-hydrogen) atoms. The van der Waals surface area contributed by atoms with E-state index < -0.39 is 37.7 Å². The summed E-state index contributed by atoms with van der Waals surface area (Å²) in [4.78, 5) is 92.4. The molecule has 6 aromatic carbocycles. The Hall–Kier alpha value is -12.4. The van der Waals surface area contributed by atoms with Crippen molar-refractivity contribution in [2.75, 3.05) is 95.8 Å². The van der Waals surface area contributed by atoms with E-state index in [9.17, 15) is 49.2 Å². The highest BCUT2D eigenvalue weighted by Gasteiger charge is 2.37. The van der Waals surface area contributed by atoms with Crippen LogP contribution in [-0.4, -0.2) is 185 Å². The van der Waals surface area contributed by atoms with E-state index in [0.717, 1.165) is 145 Å². The summed E-state index contributed by atoms with van der Waals surface area (Å²) in [5.74, 6) is -0.580. The first-order valence-corrected chi connectivity index (χ1v) is 46.3. The Labute approximate surface area is 746 Å². The topological polar surface area (TPSA) is 336 Å². The molecule has 32 heteroatoms. The summed E-state index contributed by atoms with van der Waals surface area (Å²) in [5, 5.41) is 19.7. The van der Waals surface area contributed by atoms with Crippen LogP contribution in [0, 0.1) is 13.8 Å². The molecular weight excluding hydrogens is 1690 g/mol. The molecule has 18 rings (SSSR count). The van der Waals surface area contributed by atoms with Gasteiger partial charge >= 0.3 is 6.18 Å². The van der Waals surface area contributed by atoms with Crippen LogP contribution in [0.25, 0.3) is 45.7 Å². The van der Waals surface area contributed by atoms with Crippen molar-refractivity contribution in [1.29, 1.82) is 0 Å². The van der Waals surface area contributed by atoms with Crippen molar-refractivity contribution >= 4 is 101 Å². The third-order valence-corrected chi connectivity index (χ3v) is 27.4. The van der Waals surface area contributed by atoms with Gasteiger partial charge in [0.2, 0.25) is 20.0 Å². The number of nitrogens with two attached hydrogens (primary N) is 1. The number of halogens is 3. The van der Waals surface area contributed by atoms with Gasteiger partial charge in [0.15, 0.2) is 0 Å². The van der Waals surface area contributed by atoms with Gasteiger partial charge in [0.1, 0.15) is 12.2 Å². The lowest BCUT2D eigenvalue weighted by atomic mass is 9.98. The Morgan fingerprint density at radius 2 is 1.15 bits per heavy atom. The maximum Gasteiger partial charge on any atom is 0.416 e. The average molecular weight is 1790 g/mol. The summed E-state index contributed by atoms with van der Waals surface area (Å²) < 4.78 is 91.2. The van der Waals surface area contributed by atoms with Crippen LogP contribution in [-0.2, 0) is 87.4 Å². The molecule has 6 aromatic heterocycles. The highest BCUT2D eigenvalue weighted by atomic mass is 32.2. The first kappa shape index (κ1) is 90.4. The second-order valence-electron chi connectivity index (χ2n) is 33.4. The largest absolute Gasteiger partial charge is 0.416 e. The van der Waals surface area contributed by atoms with Crippen molar-refractivity contribution in [1.82, 2.24) is 63.8 Å². The van der Waals surface area contributed by atoms with Crippen molar-refractivity contribution < 1.29 is 49.2 Å². The number of aryl methyl sites for hydroxylation is 6. The normalized spacial score (nSPS) is 16.4. The molecule has 0 unspecified atom stereocenters. The number of primary sulfonamides is 1. The fraction of sp³-hybridized carbons (Fsp3) is 0.292. The zero-order chi connectivity index (χ0) is 90.1. The monoisotopic (exact) mass is 1790 g/mol. The number of aromatic amines is 2. The van der Waals surface area contributed by atoms with Gasteiger partial charge in [0.25, 0.3) is 23.6 Å². The van der Waals surface area contributed by atoms with Crippen LogP contribution in [0.2, 0.25) is 0 Å². The lowest BCUT2D eigenvalue weighted by molar-refractivity contribution is -0.138. The number of likely N-dealkylation sites (N-methyl/N-ethyl adjacent to an activating group) is 2. The number of anilines is 4. The maximum absolute atomic E-state index is 14.0. The van der Waals surface area contributed by atoms with Crippen molar-refractivity contribution in [2.45, 2.75) is 120 Å². The Bertz CT molecular complexity index is 6360. The summed E-state index contributed by atoms with van der Waals surface area (Å²) >= 11 is 1.65. The van der Waals surface area contributed by atoms with Crippen LogP contribution in [0.15, 0.2) is 198 Å². The molecule has 10 heterocycles. The lowest BCUT2D eigenvalue weighted by Gasteiger charge is -2.32. The standard InChI is InChI=1S/C31H32F3N7O.C29H31N5OS.C19H21N3O3S.C17H17N3O3S/c1-20-4-7-26(10-23(20)12-29-37-15-25(16-38-29)24-13-35-19-36-14-24)39-30(42)21-5-6-22(28(11-21)31(32,33)34)17-41-9-8-27(18-41)40(2)3;1-21-5-10-26(16-25(21)17-28-32-27(20-36-28)24-4-3-11-30-18-24)31-29(35)23-8-6-22(7-9-23)19-34-14-12-33(2)13-15-34;1-22(2)26(24,25)14-7-8-18-15(11-14)16(19(23)21-18)10-13-9-12-5-3-4-6-17(12)20-13;18-24(22,23)12-5-6-16-13(9-12)14(17(21)20-16)8-11-7-10-3-1-2-4-15(10)19-11/h4-7,10-11,13-16,19,27H,8-9,12,17-18H2,1-3H3,(H,39,42);3-11,16,18,20H,12-15,17,19H2,1-2H3,(H,31,35);7-11,20H,3-6H2,1-2H3,(H,21,23);5-9,19H,1-4H2,(H,20,21)(H2,18,22,23)/b;;16-10-;14-8-/t27-;;;/m0.../s1. The number of aromatic nitrogens is 8. The highest BCUT2D eigenvalue weighted by molar-refractivity contribution is 7.89. The zero-order valence-corrected chi connectivity index (χ0v) is 74.6. The van der Waals surface area contributed by atoms with Gasteiger partial charge in [-0.1, -0.05) is 30.3 Å². The van der Waals surface area contributed by atoms with Gasteiger partial charge in [-0.15, -0.1) is 11.3 Å². The van der Waals surface area contributed by atoms with E-state index in [-0.39, 0.29) is 45.2 Å². The summed E-state index contributed by atoms with van der Waals surface area (Å²) in [5.41, 5.74) is 20.4. The number of hydrogen-bond donors (Lipinski definition) is 7. The second kappa shape index (κ2) is 39.5. The first-order chi connectivity index (χ1) is 61.4. The van der Waals surface area contributed by atoms with E-state index in [1.54, 1.807) is 78.7 Å². The molecule has 1 atom stereocenters. The van der Waals surface area contributed by atoms with E-state index in [0.29, 0.717) is 69.7 Å². The molecular formula is C96H101F3N18O8S3. The number of nitrogens with zero attached hydrogens (tertiary/aromatic N) is 11. The van der Waals surface area contributed by atoms with Crippen LogP contribution >= 0.6 is 11.3 Å². The molecule has 2 aliphatic carbocycles. The Kier molecular flexibility index (Phi) is 27.9. The number of likely N-dealkylation sites (tertiary alicyclic amines) is 1. The minimum atomic E-state index is -4.58. The van der Waals surface area contributed by atoms with Gasteiger partial charge < -0.3 is 41.0 Å². The molecule has 2 fully saturated rings. The van der Waals surface area contributed by atoms with Crippen molar-refractivity contribution in [2.24, 2.45) is 5.14 Å². The van der Waals surface area contributed by atoms with Crippen LogP contribution in [0.3, 0.4) is 0 Å². The summed E-state index contributed by atoms with van der Waals surface area (Å²) in [7, 11) is 1.74. The molecule has 4 aliphatic heterocycles. The van der Waals surface area contributed by atoms with Crippen LogP contribution in [0.1, 0.15) is 148 Å². The number of sulfonamides is 2. The number of amides is 4. The van der Waals surface area contributed by atoms with Gasteiger partial charge in [0, 0.05) is 212 Å². The third kappa shape index (κ3) is 22.2. The maximum atomic E-state index is 14.0. The molecule has 0 radical (unpaired) electrons. The first-order valence-electron chi connectivity index (χ1n) is 42.4. The predicted molar refractivity (Wildman–Crippen MR) is 493 cm³/mol. The Morgan fingerprint density at radius 3 is 1.70 bits per heavy atom. The van der Waals surface area contributed by atoms with E-state index in [1.165, 1.54) is 114 Å². The lowest BCUT2D eigenvalue weighted by Crippen LogP contribution is -2.43. The van der Waals surface area contributed by atoms with Crippen LogP contribution < -0.4 is 26.4 Å². The molecule has 662 valence electrons. The molecule has 0 bridgehead atoms. The Balaban J connectivity index is 0.000000134. The van der Waals surface area contributed by atoms with Gasteiger partial charge in [-0.25, -0.2) is 51.2 Å². The fourth-order valence-corrected chi connectivity index (χ4v) is 18.7. The molecule has 0 saturated carbocycles. The van der Waals surface area contributed by atoms with E-state index in [2.05, 4.69) is 127 Å². The molecule has 2 saturated heterocycles. The molecule has 0 spiro atoms. The summed E-state index contributed by atoms with van der Waals surface area (Å²) in [6, 6.07) is 40.8. The molecule has 8 N–H and O–H groups in total. The number of nitrogens with one attached hydrogen (secondary N) is 6.